The van der Waals surface area contributed by atoms with Gasteiger partial charge in [-0.3, -0.25) is 0 Å². The first-order chi connectivity index (χ1) is 6.85. The number of ether oxygens (including phenoxy) is 2. The van der Waals surface area contributed by atoms with E-state index >= 15 is 0 Å². The van der Waals surface area contributed by atoms with Crippen LogP contribution in [0.25, 0.3) is 0 Å². The van der Waals surface area contributed by atoms with E-state index in [4.69, 9.17) is 13.9 Å². The van der Waals surface area contributed by atoms with Crippen LogP contribution < -0.4 is 0 Å². The van der Waals surface area contributed by atoms with Crippen molar-refractivity contribution >= 4 is 10.5 Å². The van der Waals surface area contributed by atoms with Gasteiger partial charge in [0.25, 0.3) is 0 Å². The summed E-state index contributed by atoms with van der Waals surface area (Å²) in [5, 5.41) is 0. The zero-order valence-corrected chi connectivity index (χ0v) is 11.8. The highest BCUT2D eigenvalue weighted by Crippen LogP contribution is 2.03. The minimum atomic E-state index is 0.00634. The molecule has 0 fully saturated rings. The zero-order chi connectivity index (χ0) is 10.6. The van der Waals surface area contributed by atoms with Crippen molar-refractivity contribution in [2.24, 2.45) is 0 Å². The topological polar surface area (TPSA) is 27.7 Å². The van der Waals surface area contributed by atoms with E-state index in [1.54, 1.807) is 0 Å². The predicted octanol–water partition coefficient (Wildman–Crippen LogP) is 1.24. The van der Waals surface area contributed by atoms with Crippen LogP contribution in [0.2, 0.25) is 0 Å². The first-order valence-electron chi connectivity index (χ1n) is 5.57. The van der Waals surface area contributed by atoms with Gasteiger partial charge in [-0.1, -0.05) is 13.8 Å². The van der Waals surface area contributed by atoms with Crippen LogP contribution in [0.1, 0.15) is 39.5 Å². The molecule has 1 atom stereocenters. The summed E-state index contributed by atoms with van der Waals surface area (Å²) in [4.78, 5) is 0. The highest BCUT2D eigenvalue weighted by atomic mass is 28.2. The molecule has 0 radical (unpaired) electrons. The maximum absolute atomic E-state index is 5.50. The van der Waals surface area contributed by atoms with Gasteiger partial charge in [-0.2, -0.15) is 0 Å². The highest BCUT2D eigenvalue weighted by molar-refractivity contribution is 5.98. The van der Waals surface area contributed by atoms with Crippen LogP contribution in [0.3, 0.4) is 0 Å². The average Bonchev–Trinajstić information content (AvgIpc) is 2.22. The second-order valence-electron chi connectivity index (χ2n) is 3.29. The Balaban J connectivity index is 3.24. The lowest BCUT2D eigenvalue weighted by Gasteiger charge is -2.16. The van der Waals surface area contributed by atoms with Crippen molar-refractivity contribution in [2.75, 3.05) is 19.8 Å². The third-order valence-electron chi connectivity index (χ3n) is 1.85. The molecule has 0 aliphatic heterocycles. The van der Waals surface area contributed by atoms with Crippen molar-refractivity contribution < 1.29 is 13.9 Å². The molecule has 0 heterocycles. The summed E-state index contributed by atoms with van der Waals surface area (Å²) in [5.41, 5.74) is 0. The van der Waals surface area contributed by atoms with Gasteiger partial charge >= 0.3 is 0 Å². The van der Waals surface area contributed by atoms with Gasteiger partial charge in [0.05, 0.1) is 0 Å². The van der Waals surface area contributed by atoms with Gasteiger partial charge in [-0.05, 0) is 25.7 Å². The molecular weight excluding hydrogens is 196 g/mol. The molecule has 1 unspecified atom stereocenters. The quantitative estimate of drug-likeness (QED) is 0.315. The van der Waals surface area contributed by atoms with E-state index in [0.717, 1.165) is 56.0 Å². The van der Waals surface area contributed by atoms with Crippen LogP contribution in [0.4, 0.5) is 0 Å². The molecule has 3 nitrogen and oxygen atoms in total. The molecular formula is C10H24O3Si. The van der Waals surface area contributed by atoms with E-state index in [-0.39, 0.29) is 6.29 Å². The zero-order valence-electron chi connectivity index (χ0n) is 9.75. The van der Waals surface area contributed by atoms with Gasteiger partial charge in [0.2, 0.25) is 0 Å². The monoisotopic (exact) mass is 220 g/mol. The summed E-state index contributed by atoms with van der Waals surface area (Å²) in [6.45, 7) is 6.71. The second kappa shape index (κ2) is 11.2. The van der Waals surface area contributed by atoms with Crippen LogP contribution in [0.15, 0.2) is 0 Å². The fraction of sp³-hybridized carbons (Fsp3) is 1.00. The van der Waals surface area contributed by atoms with Crippen molar-refractivity contribution in [3.8, 4) is 0 Å². The van der Waals surface area contributed by atoms with Crippen LogP contribution in [-0.4, -0.2) is 36.6 Å². The molecule has 86 valence electrons. The molecule has 0 aromatic carbocycles. The Morgan fingerprint density at radius 3 is 2.36 bits per heavy atom. The fourth-order valence-corrected chi connectivity index (χ4v) is 1.49. The van der Waals surface area contributed by atoms with E-state index in [2.05, 4.69) is 13.8 Å². The molecule has 0 aromatic rings. The van der Waals surface area contributed by atoms with Crippen molar-refractivity contribution in [3.05, 3.63) is 0 Å². The Labute approximate surface area is 90.7 Å². The summed E-state index contributed by atoms with van der Waals surface area (Å²) >= 11 is 0. The van der Waals surface area contributed by atoms with Crippen molar-refractivity contribution in [1.82, 2.24) is 0 Å². The molecule has 0 saturated carbocycles. The maximum Gasteiger partial charge on any atom is 0.149 e. The molecule has 0 aromatic heterocycles. The first-order valence-corrected chi connectivity index (χ1v) is 6.38. The van der Waals surface area contributed by atoms with Crippen LogP contribution in [-0.2, 0) is 13.9 Å². The van der Waals surface area contributed by atoms with Gasteiger partial charge in [-0.15, -0.1) is 0 Å². The summed E-state index contributed by atoms with van der Waals surface area (Å²) in [6, 6.07) is 0. The van der Waals surface area contributed by atoms with E-state index in [9.17, 15) is 0 Å². The molecule has 14 heavy (non-hydrogen) atoms. The summed E-state index contributed by atoms with van der Waals surface area (Å²) in [7, 11) is 0.743. The van der Waals surface area contributed by atoms with Crippen molar-refractivity contribution in [3.63, 3.8) is 0 Å². The van der Waals surface area contributed by atoms with Crippen LogP contribution in [0.5, 0.6) is 0 Å². The Kier molecular flexibility index (Phi) is 11.3. The number of rotatable bonds is 10. The molecule has 4 heteroatoms. The Hall–Kier alpha value is 0.0969. The van der Waals surface area contributed by atoms with E-state index in [0.29, 0.717) is 0 Å². The van der Waals surface area contributed by atoms with Gasteiger partial charge in [0.1, 0.15) is 16.8 Å². The maximum atomic E-state index is 5.50. The molecule has 0 rings (SSSR count). The Morgan fingerprint density at radius 1 is 1.07 bits per heavy atom. The van der Waals surface area contributed by atoms with Crippen molar-refractivity contribution in [1.29, 1.82) is 0 Å². The van der Waals surface area contributed by atoms with Crippen LogP contribution in [0, 0.1) is 0 Å². The average molecular weight is 220 g/mol. The Morgan fingerprint density at radius 2 is 1.79 bits per heavy atom. The van der Waals surface area contributed by atoms with Crippen molar-refractivity contribution in [2.45, 2.75) is 45.8 Å². The normalized spacial score (nSPS) is 13.3. The van der Waals surface area contributed by atoms with E-state index in [1.807, 2.05) is 0 Å². The molecule has 0 spiro atoms. The molecule has 0 N–H and O–H groups in total. The smallest absolute Gasteiger partial charge is 0.149 e. The van der Waals surface area contributed by atoms with Gasteiger partial charge in [0, 0.05) is 19.8 Å². The lowest BCUT2D eigenvalue weighted by atomic mass is 10.3. The SMILES string of the molecule is CCCOCCCC(O[SiH3])OCCC. The molecule has 0 amide bonds. The standard InChI is InChI=1S/C10H24O3Si/c1-3-7-11-9-5-6-10(13-14)12-8-4-2/h10H,3-9H2,1-2,14H3. The van der Waals surface area contributed by atoms with Gasteiger partial charge < -0.3 is 13.9 Å². The van der Waals surface area contributed by atoms with E-state index in [1.165, 1.54) is 0 Å². The number of hydrogen-bond donors (Lipinski definition) is 0. The lowest BCUT2D eigenvalue weighted by molar-refractivity contribution is -0.0842. The van der Waals surface area contributed by atoms with Crippen LogP contribution >= 0.6 is 0 Å². The summed E-state index contributed by atoms with van der Waals surface area (Å²) in [6.07, 6.45) is 4.12. The summed E-state index contributed by atoms with van der Waals surface area (Å²) in [5.74, 6) is 0. The van der Waals surface area contributed by atoms with Gasteiger partial charge in [-0.25, -0.2) is 0 Å². The van der Waals surface area contributed by atoms with Gasteiger partial charge in [0.15, 0.2) is 0 Å². The third kappa shape index (κ3) is 8.68. The fourth-order valence-electron chi connectivity index (χ4n) is 1.12. The molecule has 0 saturated heterocycles. The predicted molar refractivity (Wildman–Crippen MR) is 61.4 cm³/mol. The lowest BCUT2D eigenvalue weighted by Crippen LogP contribution is -2.17. The largest absolute Gasteiger partial charge is 0.404 e. The molecule has 0 bridgehead atoms. The number of hydrogen-bond acceptors (Lipinski definition) is 3. The highest BCUT2D eigenvalue weighted by Gasteiger charge is 2.05. The second-order valence-corrected chi connectivity index (χ2v) is 3.76. The minimum absolute atomic E-state index is 0.00634. The molecule has 0 aliphatic carbocycles. The first kappa shape index (κ1) is 14.1. The van der Waals surface area contributed by atoms with E-state index < -0.39 is 0 Å². The summed E-state index contributed by atoms with van der Waals surface area (Å²) < 4.78 is 16.2. The molecule has 0 aliphatic rings. The third-order valence-corrected chi connectivity index (χ3v) is 2.37. The minimum Gasteiger partial charge on any atom is -0.404 e. The Bertz CT molecular complexity index is 112.